The first-order chi connectivity index (χ1) is 13.4. The Bertz CT molecular complexity index is 825. The number of hydrogen-bond donors (Lipinski definition) is 1. The van der Waals surface area contributed by atoms with Crippen LogP contribution in [0, 0.1) is 0 Å². The van der Waals surface area contributed by atoms with Crippen LogP contribution < -0.4 is 5.32 Å². The van der Waals surface area contributed by atoms with E-state index in [-0.39, 0.29) is 0 Å². The van der Waals surface area contributed by atoms with Gasteiger partial charge in [0.15, 0.2) is 0 Å². The monoisotopic (exact) mass is 362 g/mol. The van der Waals surface area contributed by atoms with Crippen LogP contribution in [0.1, 0.15) is 63.9 Å². The maximum Gasteiger partial charge on any atom is 0.0709 e. The molecule has 1 heterocycles. The van der Waals surface area contributed by atoms with Gasteiger partial charge in [0.25, 0.3) is 0 Å². The van der Waals surface area contributed by atoms with Crippen LogP contribution in [0.2, 0.25) is 0 Å². The number of rotatable bonds is 12. The molecule has 0 aliphatic rings. The minimum Gasteiger partial charge on any atom is -0.316 e. The smallest absolute Gasteiger partial charge is 0.0709 e. The van der Waals surface area contributed by atoms with Crippen molar-refractivity contribution >= 4 is 21.8 Å². The van der Waals surface area contributed by atoms with E-state index in [0.29, 0.717) is 0 Å². The van der Waals surface area contributed by atoms with E-state index < -0.39 is 0 Å². The third-order valence-electron chi connectivity index (χ3n) is 5.38. The average molecular weight is 363 g/mol. The molecule has 1 N–H and O–H groups in total. The van der Waals surface area contributed by atoms with Gasteiger partial charge in [-0.05, 0) is 55.8 Å². The molecule has 2 heteroatoms. The van der Waals surface area contributed by atoms with Gasteiger partial charge >= 0.3 is 0 Å². The second-order valence-corrected chi connectivity index (χ2v) is 7.68. The van der Waals surface area contributed by atoms with Gasteiger partial charge in [0.05, 0.1) is 11.0 Å². The Labute approximate surface area is 164 Å². The first kappa shape index (κ1) is 19.8. The lowest BCUT2D eigenvalue weighted by Crippen LogP contribution is -2.18. The van der Waals surface area contributed by atoms with E-state index in [2.05, 4.69) is 54.7 Å². The molecule has 0 aliphatic heterocycles. The third-order valence-corrected chi connectivity index (χ3v) is 5.38. The summed E-state index contributed by atoms with van der Waals surface area (Å²) in [6, 6.07) is 17.3. The molecule has 0 spiro atoms. The average Bonchev–Trinajstić information content (AvgIpc) is 2.70. The largest absolute Gasteiger partial charge is 0.316 e. The zero-order valence-electron chi connectivity index (χ0n) is 16.8. The van der Waals surface area contributed by atoms with Crippen LogP contribution in [0.25, 0.3) is 21.8 Å². The van der Waals surface area contributed by atoms with Crippen LogP contribution in [0.4, 0.5) is 0 Å². The van der Waals surface area contributed by atoms with Gasteiger partial charge in [-0.1, -0.05) is 76.1 Å². The Morgan fingerprint density at radius 3 is 2.30 bits per heavy atom. The number of para-hydroxylation sites is 1. The molecule has 144 valence electrons. The van der Waals surface area contributed by atoms with Gasteiger partial charge in [0, 0.05) is 10.8 Å². The highest BCUT2D eigenvalue weighted by Gasteiger charge is 2.01. The zero-order chi connectivity index (χ0) is 18.7. The van der Waals surface area contributed by atoms with Gasteiger partial charge in [-0.2, -0.15) is 0 Å². The number of fused-ring (bicyclic) bond motifs is 2. The molecule has 2 aromatic carbocycles. The second kappa shape index (κ2) is 11.0. The minimum atomic E-state index is 1.06. The highest BCUT2D eigenvalue weighted by molar-refractivity contribution is 5.92. The van der Waals surface area contributed by atoms with Gasteiger partial charge in [-0.15, -0.1) is 0 Å². The molecule has 1 aromatic heterocycles. The van der Waals surface area contributed by atoms with Crippen LogP contribution in [0.3, 0.4) is 0 Å². The number of benzene rings is 2. The first-order valence-corrected chi connectivity index (χ1v) is 10.9. The van der Waals surface area contributed by atoms with Crippen molar-refractivity contribution in [2.24, 2.45) is 0 Å². The molecule has 0 unspecified atom stereocenters. The lowest BCUT2D eigenvalue weighted by atomic mass is 10.1. The van der Waals surface area contributed by atoms with Gasteiger partial charge in [-0.3, -0.25) is 0 Å². The molecule has 2 nitrogen and oxygen atoms in total. The Kier molecular flexibility index (Phi) is 8.10. The number of nitrogens with zero attached hydrogens (tertiary/aromatic N) is 1. The van der Waals surface area contributed by atoms with Gasteiger partial charge in [0.2, 0.25) is 0 Å². The third kappa shape index (κ3) is 6.32. The number of unbranched alkanes of at least 4 members (excludes halogenated alkanes) is 7. The zero-order valence-corrected chi connectivity index (χ0v) is 16.8. The summed E-state index contributed by atoms with van der Waals surface area (Å²) in [4.78, 5) is 4.76. The van der Waals surface area contributed by atoms with Crippen LogP contribution >= 0.6 is 0 Å². The molecular formula is C25H34N2. The lowest BCUT2D eigenvalue weighted by molar-refractivity contribution is 0.556. The fourth-order valence-corrected chi connectivity index (χ4v) is 3.73. The van der Waals surface area contributed by atoms with Crippen LogP contribution in [-0.2, 0) is 6.42 Å². The Morgan fingerprint density at radius 2 is 1.44 bits per heavy atom. The predicted molar refractivity (Wildman–Crippen MR) is 118 cm³/mol. The van der Waals surface area contributed by atoms with E-state index >= 15 is 0 Å². The molecule has 0 saturated heterocycles. The van der Waals surface area contributed by atoms with E-state index in [9.17, 15) is 0 Å². The fraction of sp³-hybridized carbons (Fsp3) is 0.480. The molecule has 0 radical (unpaired) electrons. The summed E-state index contributed by atoms with van der Waals surface area (Å²) in [6.07, 6.45) is 12.2. The highest BCUT2D eigenvalue weighted by atomic mass is 14.8. The fourth-order valence-electron chi connectivity index (χ4n) is 3.73. The standard InChI is InChI=1S/C25H34N2/c1-2-3-4-5-6-7-8-11-17-26-18-16-21-14-15-25-23(19-21)20-22-12-9-10-13-24(22)27-25/h9-10,12-15,19-20,26H,2-8,11,16-18H2,1H3. The topological polar surface area (TPSA) is 24.9 Å². The maximum absolute atomic E-state index is 4.76. The molecule has 0 atom stereocenters. The van der Waals surface area contributed by atoms with Crippen molar-refractivity contribution in [3.8, 4) is 0 Å². The van der Waals surface area contributed by atoms with Crippen LogP contribution in [0.5, 0.6) is 0 Å². The van der Waals surface area contributed by atoms with Crippen molar-refractivity contribution < 1.29 is 0 Å². The summed E-state index contributed by atoms with van der Waals surface area (Å²) in [6.45, 7) is 4.49. The van der Waals surface area contributed by atoms with E-state index in [1.54, 1.807) is 0 Å². The summed E-state index contributed by atoms with van der Waals surface area (Å²) in [5, 5.41) is 6.07. The molecule has 0 amide bonds. The second-order valence-electron chi connectivity index (χ2n) is 7.68. The van der Waals surface area contributed by atoms with Gasteiger partial charge < -0.3 is 5.32 Å². The predicted octanol–water partition coefficient (Wildman–Crippen LogP) is 6.66. The SMILES string of the molecule is CCCCCCCCCCNCCc1ccc2nc3ccccc3cc2c1. The van der Waals surface area contributed by atoms with Crippen molar-refractivity contribution in [1.29, 1.82) is 0 Å². The summed E-state index contributed by atoms with van der Waals surface area (Å²) in [5.74, 6) is 0. The van der Waals surface area contributed by atoms with E-state index in [0.717, 1.165) is 30.5 Å². The molecular weight excluding hydrogens is 328 g/mol. The van der Waals surface area contributed by atoms with Gasteiger partial charge in [0.1, 0.15) is 0 Å². The number of nitrogens with one attached hydrogen (secondary N) is 1. The van der Waals surface area contributed by atoms with E-state index in [1.807, 2.05) is 6.07 Å². The Morgan fingerprint density at radius 1 is 0.704 bits per heavy atom. The summed E-state index contributed by atoms with van der Waals surface area (Å²) < 4.78 is 0. The van der Waals surface area contributed by atoms with E-state index in [4.69, 9.17) is 4.98 Å². The number of aromatic nitrogens is 1. The number of hydrogen-bond acceptors (Lipinski definition) is 2. The molecule has 3 rings (SSSR count). The summed E-state index contributed by atoms with van der Waals surface area (Å²) >= 11 is 0. The molecule has 0 bridgehead atoms. The van der Waals surface area contributed by atoms with Crippen molar-refractivity contribution in [2.75, 3.05) is 13.1 Å². The molecule has 27 heavy (non-hydrogen) atoms. The quantitative estimate of drug-likeness (QED) is 0.288. The van der Waals surface area contributed by atoms with Crippen molar-refractivity contribution in [1.82, 2.24) is 10.3 Å². The van der Waals surface area contributed by atoms with Gasteiger partial charge in [-0.25, -0.2) is 4.98 Å². The highest BCUT2D eigenvalue weighted by Crippen LogP contribution is 2.20. The van der Waals surface area contributed by atoms with Crippen molar-refractivity contribution in [3.05, 3.63) is 54.1 Å². The molecule has 3 aromatic rings. The Balaban J connectivity index is 1.36. The molecule has 0 fully saturated rings. The van der Waals surface area contributed by atoms with Crippen molar-refractivity contribution in [2.45, 2.75) is 64.7 Å². The summed E-state index contributed by atoms with van der Waals surface area (Å²) in [5.41, 5.74) is 3.55. The first-order valence-electron chi connectivity index (χ1n) is 10.9. The minimum absolute atomic E-state index is 1.06. The summed E-state index contributed by atoms with van der Waals surface area (Å²) in [7, 11) is 0. The molecule has 0 saturated carbocycles. The lowest BCUT2D eigenvalue weighted by Gasteiger charge is -2.07. The normalized spacial score (nSPS) is 11.4. The number of pyridine rings is 1. The van der Waals surface area contributed by atoms with Crippen LogP contribution in [0.15, 0.2) is 48.5 Å². The van der Waals surface area contributed by atoms with E-state index in [1.165, 1.54) is 67.7 Å². The Hall–Kier alpha value is -1.93. The molecule has 0 aliphatic carbocycles. The van der Waals surface area contributed by atoms with Crippen LogP contribution in [-0.4, -0.2) is 18.1 Å². The van der Waals surface area contributed by atoms with Crippen molar-refractivity contribution in [3.63, 3.8) is 0 Å². The maximum atomic E-state index is 4.76.